The van der Waals surface area contributed by atoms with E-state index in [-0.39, 0.29) is 17.9 Å². The highest BCUT2D eigenvalue weighted by molar-refractivity contribution is 6.39. The summed E-state index contributed by atoms with van der Waals surface area (Å²) in [7, 11) is 0. The number of carbonyl (C=O) groups excluding carboxylic acids is 3. The second kappa shape index (κ2) is 8.27. The van der Waals surface area contributed by atoms with E-state index in [1.807, 2.05) is 6.07 Å². The highest BCUT2D eigenvalue weighted by Gasteiger charge is 2.37. The van der Waals surface area contributed by atoms with Gasteiger partial charge in [0.2, 0.25) is 5.75 Å². The molecule has 2 aromatic carbocycles. The third-order valence-electron chi connectivity index (χ3n) is 4.59. The highest BCUT2D eigenvalue weighted by atomic mass is 16.6. The zero-order valence-electron chi connectivity index (χ0n) is 17.0. The molecule has 0 aliphatic carbocycles. The van der Waals surface area contributed by atoms with E-state index in [9.17, 15) is 29.6 Å². The molecule has 3 rings (SSSR count). The summed E-state index contributed by atoms with van der Waals surface area (Å²) in [6, 6.07) is 6.56. The van der Waals surface area contributed by atoms with Crippen molar-refractivity contribution in [2.75, 3.05) is 11.5 Å². The van der Waals surface area contributed by atoms with Crippen molar-refractivity contribution < 1.29 is 29.2 Å². The molecule has 2 aromatic rings. The second-order valence-electron chi connectivity index (χ2n) is 6.82. The molecule has 0 bridgehead atoms. The number of amides is 4. The van der Waals surface area contributed by atoms with Crippen LogP contribution in [0.1, 0.15) is 23.6 Å². The molecule has 4 amide bonds. The minimum atomic E-state index is -0.940. The predicted molar refractivity (Wildman–Crippen MR) is 111 cm³/mol. The van der Waals surface area contributed by atoms with Crippen molar-refractivity contribution in [2.45, 2.75) is 20.8 Å². The first-order valence-electron chi connectivity index (χ1n) is 9.27. The number of nitro groups is 1. The van der Waals surface area contributed by atoms with Gasteiger partial charge in [-0.25, -0.2) is 9.69 Å². The van der Waals surface area contributed by atoms with Crippen LogP contribution in [0.2, 0.25) is 0 Å². The fourth-order valence-corrected chi connectivity index (χ4v) is 3.11. The normalized spacial score (nSPS) is 15.3. The molecule has 10 heteroatoms. The Labute approximate surface area is 176 Å². The van der Waals surface area contributed by atoms with E-state index >= 15 is 0 Å². The maximum absolute atomic E-state index is 13.1. The molecule has 0 aromatic heterocycles. The maximum Gasteiger partial charge on any atom is 0.335 e. The summed E-state index contributed by atoms with van der Waals surface area (Å²) >= 11 is 0. The molecule has 0 radical (unpaired) electrons. The third-order valence-corrected chi connectivity index (χ3v) is 4.59. The van der Waals surface area contributed by atoms with E-state index in [4.69, 9.17) is 4.74 Å². The number of ether oxygens (including phenoxy) is 1. The van der Waals surface area contributed by atoms with E-state index in [0.29, 0.717) is 11.3 Å². The van der Waals surface area contributed by atoms with Gasteiger partial charge in [-0.05, 0) is 55.7 Å². The Balaban J connectivity index is 2.12. The van der Waals surface area contributed by atoms with Gasteiger partial charge in [0.1, 0.15) is 5.57 Å². The lowest BCUT2D eigenvalue weighted by Crippen LogP contribution is -2.54. The summed E-state index contributed by atoms with van der Waals surface area (Å²) in [6.07, 6.45) is 1.11. The van der Waals surface area contributed by atoms with Gasteiger partial charge in [-0.1, -0.05) is 12.1 Å². The maximum atomic E-state index is 13.1. The highest BCUT2D eigenvalue weighted by Crippen LogP contribution is 2.38. The number of nitro benzene ring substituents is 1. The minimum Gasteiger partial charge on any atom is -0.500 e. The third kappa shape index (κ3) is 4.08. The Morgan fingerprint density at radius 3 is 2.55 bits per heavy atom. The van der Waals surface area contributed by atoms with Gasteiger partial charge in [-0.3, -0.25) is 25.0 Å². The van der Waals surface area contributed by atoms with Gasteiger partial charge in [0.25, 0.3) is 11.8 Å². The lowest BCUT2D eigenvalue weighted by Gasteiger charge is -2.27. The van der Waals surface area contributed by atoms with E-state index in [2.05, 4.69) is 5.32 Å². The van der Waals surface area contributed by atoms with Crippen LogP contribution in [0.5, 0.6) is 11.5 Å². The summed E-state index contributed by atoms with van der Waals surface area (Å²) in [5.74, 6) is -2.66. The number of benzene rings is 2. The monoisotopic (exact) mass is 425 g/mol. The van der Waals surface area contributed by atoms with E-state index in [1.165, 1.54) is 6.07 Å². The number of urea groups is 1. The largest absolute Gasteiger partial charge is 0.500 e. The van der Waals surface area contributed by atoms with E-state index in [1.54, 1.807) is 32.9 Å². The molecule has 2 N–H and O–H groups in total. The molecule has 0 saturated carbocycles. The number of rotatable bonds is 5. The lowest BCUT2D eigenvalue weighted by atomic mass is 10.0. The Kier molecular flexibility index (Phi) is 5.73. The van der Waals surface area contributed by atoms with Gasteiger partial charge in [0, 0.05) is 6.07 Å². The number of phenolic OH excluding ortho intramolecular Hbond substituents is 1. The zero-order chi connectivity index (χ0) is 22.9. The summed E-state index contributed by atoms with van der Waals surface area (Å²) in [5, 5.41) is 23.4. The molecule has 1 fully saturated rings. The van der Waals surface area contributed by atoms with Crippen LogP contribution in [-0.2, 0) is 9.59 Å². The summed E-state index contributed by atoms with van der Waals surface area (Å²) in [5.41, 5.74) is 0.780. The second-order valence-corrected chi connectivity index (χ2v) is 6.82. The number of nitrogens with one attached hydrogen (secondary N) is 1. The molecule has 1 saturated heterocycles. The van der Waals surface area contributed by atoms with Crippen LogP contribution in [0.3, 0.4) is 0 Å². The van der Waals surface area contributed by atoms with Crippen molar-refractivity contribution >= 4 is 35.3 Å². The molecule has 1 aliphatic rings. The standard InChI is InChI=1S/C21H19N3O7/c1-4-31-17-10-13(9-16(18(17)25)24(29)30)8-14-19(26)22-21(28)23(20(14)27)15-7-11(2)5-6-12(15)3/h5-10,25H,4H2,1-3H3,(H,22,26,28)/b14-8-. The number of nitrogens with zero attached hydrogens (tertiary/aromatic N) is 2. The topological polar surface area (TPSA) is 139 Å². The van der Waals surface area contributed by atoms with Crippen molar-refractivity contribution in [1.29, 1.82) is 0 Å². The van der Waals surface area contributed by atoms with Crippen LogP contribution in [-0.4, -0.2) is 34.5 Å². The van der Waals surface area contributed by atoms with Crippen molar-refractivity contribution in [3.8, 4) is 11.5 Å². The first-order chi connectivity index (χ1) is 14.6. The minimum absolute atomic E-state index is 0.0710. The first-order valence-corrected chi connectivity index (χ1v) is 9.27. The summed E-state index contributed by atoms with van der Waals surface area (Å²) in [4.78, 5) is 49.2. The van der Waals surface area contributed by atoms with Crippen LogP contribution in [0.4, 0.5) is 16.2 Å². The number of aryl methyl sites for hydroxylation is 2. The van der Waals surface area contributed by atoms with Gasteiger partial charge in [0.05, 0.1) is 17.2 Å². The van der Waals surface area contributed by atoms with E-state index in [0.717, 1.165) is 22.6 Å². The molecular formula is C21H19N3O7. The number of anilines is 1. The Morgan fingerprint density at radius 2 is 1.90 bits per heavy atom. The number of imide groups is 2. The zero-order valence-corrected chi connectivity index (χ0v) is 17.0. The predicted octanol–water partition coefficient (Wildman–Crippen LogP) is 2.98. The quantitative estimate of drug-likeness (QED) is 0.325. The Hall–Kier alpha value is -4.21. The molecule has 160 valence electrons. The smallest absolute Gasteiger partial charge is 0.335 e. The van der Waals surface area contributed by atoms with Crippen molar-refractivity contribution in [2.24, 2.45) is 0 Å². The van der Waals surface area contributed by atoms with Crippen LogP contribution in [0, 0.1) is 24.0 Å². The summed E-state index contributed by atoms with van der Waals surface area (Å²) < 4.78 is 5.21. The van der Waals surface area contributed by atoms with Gasteiger partial charge in [-0.2, -0.15) is 0 Å². The molecule has 10 nitrogen and oxygen atoms in total. The van der Waals surface area contributed by atoms with Crippen molar-refractivity contribution in [3.63, 3.8) is 0 Å². The van der Waals surface area contributed by atoms with Crippen LogP contribution in [0.25, 0.3) is 6.08 Å². The average molecular weight is 425 g/mol. The SMILES string of the molecule is CCOc1cc(/C=C2/C(=O)NC(=O)N(c3cc(C)ccc3C)C2=O)cc([N+](=O)[O-])c1O. The number of carbonyl (C=O) groups is 3. The van der Waals surface area contributed by atoms with Crippen LogP contribution >= 0.6 is 0 Å². The van der Waals surface area contributed by atoms with Gasteiger partial charge in [0.15, 0.2) is 5.75 Å². The van der Waals surface area contributed by atoms with Crippen LogP contribution < -0.4 is 15.0 Å². The Bertz CT molecular complexity index is 1150. The fraction of sp³-hybridized carbons (Fsp3) is 0.190. The number of phenols is 1. The van der Waals surface area contributed by atoms with Gasteiger partial charge >= 0.3 is 11.7 Å². The number of aromatic hydroxyl groups is 1. The fourth-order valence-electron chi connectivity index (χ4n) is 3.11. The number of hydrogen-bond acceptors (Lipinski definition) is 7. The summed E-state index contributed by atoms with van der Waals surface area (Å²) in [6.45, 7) is 5.26. The van der Waals surface area contributed by atoms with Crippen molar-refractivity contribution in [3.05, 3.63) is 62.7 Å². The molecule has 0 spiro atoms. The van der Waals surface area contributed by atoms with Crippen molar-refractivity contribution in [1.82, 2.24) is 5.32 Å². The van der Waals surface area contributed by atoms with E-state index < -0.39 is 39.8 Å². The van der Waals surface area contributed by atoms with Crippen LogP contribution in [0.15, 0.2) is 35.9 Å². The molecule has 1 heterocycles. The average Bonchev–Trinajstić information content (AvgIpc) is 2.69. The van der Waals surface area contributed by atoms with Gasteiger partial charge in [-0.15, -0.1) is 0 Å². The lowest BCUT2D eigenvalue weighted by molar-refractivity contribution is -0.386. The van der Waals surface area contributed by atoms with Gasteiger partial charge < -0.3 is 9.84 Å². The first kappa shape index (κ1) is 21.5. The number of hydrogen-bond donors (Lipinski definition) is 2. The molecule has 1 aliphatic heterocycles. The molecule has 31 heavy (non-hydrogen) atoms. The number of barbiturate groups is 1. The molecular weight excluding hydrogens is 406 g/mol. The molecule has 0 unspecified atom stereocenters. The molecule has 0 atom stereocenters. The Morgan fingerprint density at radius 1 is 1.19 bits per heavy atom.